The van der Waals surface area contributed by atoms with Crippen molar-refractivity contribution in [2.24, 2.45) is 0 Å². The number of rotatable bonds is 11. The van der Waals surface area contributed by atoms with Crippen molar-refractivity contribution in [2.45, 2.75) is 56.4 Å². The van der Waals surface area contributed by atoms with Crippen molar-refractivity contribution in [3.8, 4) is 0 Å². The number of phosphoric acid groups is 1. The maximum absolute atomic E-state index is 13.2. The number of nitrogen functional groups attached to an aromatic ring is 2. The third-order valence-corrected chi connectivity index (χ3v) is 6.48. The van der Waals surface area contributed by atoms with Gasteiger partial charge < -0.3 is 45.7 Å². The molecule has 40 heavy (non-hydrogen) atoms. The van der Waals surface area contributed by atoms with Crippen LogP contribution in [0.4, 0.5) is 11.4 Å². The number of carbonyl (C=O) groups excluding carboxylic acids is 3. The Bertz CT molecular complexity index is 1270. The van der Waals surface area contributed by atoms with Crippen LogP contribution in [0, 0.1) is 0 Å². The van der Waals surface area contributed by atoms with Crippen molar-refractivity contribution in [2.75, 3.05) is 18.1 Å². The smallest absolute Gasteiger partial charge is 0.463 e. The number of esters is 2. The van der Waals surface area contributed by atoms with E-state index in [9.17, 15) is 38.9 Å². The molecule has 0 aliphatic carbocycles. The number of anilines is 2. The summed E-state index contributed by atoms with van der Waals surface area (Å²) >= 11 is 0. The lowest BCUT2D eigenvalue weighted by atomic mass is 9.90. The van der Waals surface area contributed by atoms with Crippen LogP contribution in [-0.2, 0) is 28.1 Å². The zero-order valence-electron chi connectivity index (χ0n) is 21.4. The molecule has 0 saturated carbocycles. The second-order valence-corrected chi connectivity index (χ2v) is 10.4. The Morgan fingerprint density at radius 1 is 0.975 bits per heavy atom. The second-order valence-electron chi connectivity index (χ2n) is 9.17. The van der Waals surface area contributed by atoms with E-state index in [0.29, 0.717) is 0 Å². The Kier molecular flexibility index (Phi) is 10.4. The molecule has 0 amide bonds. The van der Waals surface area contributed by atoms with Gasteiger partial charge >= 0.3 is 19.8 Å². The van der Waals surface area contributed by atoms with Crippen LogP contribution in [-0.4, -0.2) is 81.0 Å². The van der Waals surface area contributed by atoms with Gasteiger partial charge in [0.05, 0.1) is 18.1 Å². The average molecular weight is 582 g/mol. The highest BCUT2D eigenvalue weighted by Crippen LogP contribution is 2.43. The zero-order valence-corrected chi connectivity index (χ0v) is 22.3. The molecule has 0 spiro atoms. The minimum absolute atomic E-state index is 0.0322. The predicted octanol–water partition coefficient (Wildman–Crippen LogP) is 0.570. The molecule has 8 N–H and O–H groups in total. The van der Waals surface area contributed by atoms with Crippen LogP contribution in [0.25, 0.3) is 0 Å². The number of nitrogens with two attached hydrogens (primary N) is 2. The predicted molar refractivity (Wildman–Crippen MR) is 139 cm³/mol. The van der Waals surface area contributed by atoms with Gasteiger partial charge in [-0.1, -0.05) is 24.3 Å². The van der Waals surface area contributed by atoms with E-state index in [1.807, 2.05) is 0 Å². The van der Waals surface area contributed by atoms with E-state index in [-0.39, 0.29) is 28.9 Å². The number of carbonyl (C=O) groups is 3. The van der Waals surface area contributed by atoms with Crippen LogP contribution < -0.4 is 11.5 Å². The normalized spacial score (nSPS) is 23.7. The number of ketones is 1. The lowest BCUT2D eigenvalue weighted by molar-refractivity contribution is -0.227. The van der Waals surface area contributed by atoms with E-state index in [1.54, 1.807) is 18.2 Å². The molecule has 1 aliphatic rings. The van der Waals surface area contributed by atoms with Crippen LogP contribution >= 0.6 is 7.82 Å². The third kappa shape index (κ3) is 8.32. The molecular formula is C25H31N2O12P. The number of ether oxygens (including phenoxy) is 3. The molecule has 1 aliphatic heterocycles. The van der Waals surface area contributed by atoms with E-state index < -0.39 is 75.2 Å². The zero-order chi connectivity index (χ0) is 29.6. The van der Waals surface area contributed by atoms with Crippen LogP contribution in [0.1, 0.15) is 40.5 Å². The van der Waals surface area contributed by atoms with Gasteiger partial charge in [-0.05, 0) is 31.2 Å². The van der Waals surface area contributed by atoms with E-state index >= 15 is 0 Å². The van der Waals surface area contributed by atoms with Gasteiger partial charge in [0.15, 0.2) is 11.9 Å². The SMILES string of the molecule is CC(O)CC(=O)OC[C@H]1O[C@@H](CC(=O)c2ccccc2N)[C@H](OC(=O)c2ccccc2N)[C@@H](OP(=O)(O)O)[C@@H]1O. The number of aliphatic hydroxyl groups is 2. The molecule has 6 atom stereocenters. The van der Waals surface area contributed by atoms with E-state index in [1.165, 1.54) is 37.3 Å². The van der Waals surface area contributed by atoms with Crippen LogP contribution in [0.3, 0.4) is 0 Å². The molecule has 0 bridgehead atoms. The van der Waals surface area contributed by atoms with Crippen molar-refractivity contribution in [3.63, 3.8) is 0 Å². The Balaban J connectivity index is 1.97. The van der Waals surface area contributed by atoms with Gasteiger partial charge in [-0.3, -0.25) is 14.1 Å². The molecular weight excluding hydrogens is 551 g/mol. The molecule has 15 heteroatoms. The Morgan fingerprint density at radius 3 is 2.10 bits per heavy atom. The van der Waals surface area contributed by atoms with Crippen LogP contribution in [0.2, 0.25) is 0 Å². The van der Waals surface area contributed by atoms with Crippen molar-refractivity contribution in [1.82, 2.24) is 0 Å². The van der Waals surface area contributed by atoms with Gasteiger partial charge in [-0.25, -0.2) is 9.36 Å². The maximum atomic E-state index is 13.2. The summed E-state index contributed by atoms with van der Waals surface area (Å²) in [6, 6.07) is 11.9. The van der Waals surface area contributed by atoms with E-state index in [0.717, 1.165) is 0 Å². The lowest BCUT2D eigenvalue weighted by Crippen LogP contribution is -2.61. The minimum Gasteiger partial charge on any atom is -0.463 e. The first-order valence-corrected chi connectivity index (χ1v) is 13.6. The lowest BCUT2D eigenvalue weighted by Gasteiger charge is -2.43. The minimum atomic E-state index is -5.32. The highest BCUT2D eigenvalue weighted by molar-refractivity contribution is 7.46. The molecule has 2 aromatic rings. The average Bonchev–Trinajstić information content (AvgIpc) is 2.86. The molecule has 1 heterocycles. The molecule has 1 unspecified atom stereocenters. The Hall–Kier alpha value is -3.36. The van der Waals surface area contributed by atoms with Gasteiger partial charge in [0.25, 0.3) is 0 Å². The van der Waals surface area contributed by atoms with E-state index in [4.69, 9.17) is 30.2 Å². The van der Waals surface area contributed by atoms with Crippen molar-refractivity contribution < 1.29 is 57.7 Å². The first-order valence-electron chi connectivity index (χ1n) is 12.1. The summed E-state index contributed by atoms with van der Waals surface area (Å²) in [7, 11) is -5.32. The Morgan fingerprint density at radius 2 is 1.55 bits per heavy atom. The monoisotopic (exact) mass is 582 g/mol. The van der Waals surface area contributed by atoms with E-state index in [2.05, 4.69) is 0 Å². The van der Waals surface area contributed by atoms with Gasteiger partial charge in [0.1, 0.15) is 31.0 Å². The summed E-state index contributed by atoms with van der Waals surface area (Å²) in [5, 5.41) is 20.3. The summed E-state index contributed by atoms with van der Waals surface area (Å²) in [6.07, 6.45) is -10.5. The quantitative estimate of drug-likeness (QED) is 0.0919. The number of hydrogen-bond donors (Lipinski definition) is 6. The molecule has 218 valence electrons. The van der Waals surface area contributed by atoms with Gasteiger partial charge in [-0.15, -0.1) is 0 Å². The number of phosphoric ester groups is 1. The van der Waals surface area contributed by atoms with Crippen molar-refractivity contribution >= 4 is 36.9 Å². The van der Waals surface area contributed by atoms with Crippen molar-refractivity contribution in [3.05, 3.63) is 59.7 Å². The molecule has 2 aromatic carbocycles. The Labute approximate surface area is 229 Å². The summed E-state index contributed by atoms with van der Waals surface area (Å²) in [5.41, 5.74) is 11.9. The number of benzene rings is 2. The maximum Gasteiger partial charge on any atom is 0.470 e. The van der Waals surface area contributed by atoms with Crippen LogP contribution in [0.15, 0.2) is 48.5 Å². The third-order valence-electron chi connectivity index (χ3n) is 5.96. The van der Waals surface area contributed by atoms with Gasteiger partial charge in [0, 0.05) is 23.4 Å². The summed E-state index contributed by atoms with van der Waals surface area (Å²) < 4.78 is 33.0. The standard InChI is InChI=1S/C25H31N2O12P/c1-13(28)10-21(30)36-12-20-22(31)24(39-40(33,34)35)23(38-25(32)15-7-3-5-9-17(15)27)19(37-20)11-18(29)14-6-2-4-8-16(14)26/h2-9,13,19-20,22-24,28,31H,10-12,26-27H2,1H3,(H2,33,34,35)/t13?,19-,20+,22+,23-,24-/m0/s1. The summed E-state index contributed by atoms with van der Waals surface area (Å²) in [5.74, 6) is -2.48. The summed E-state index contributed by atoms with van der Waals surface area (Å²) in [6.45, 7) is 0.713. The topological polar surface area (TPSA) is 238 Å². The van der Waals surface area contributed by atoms with Gasteiger partial charge in [-0.2, -0.15) is 0 Å². The highest BCUT2D eigenvalue weighted by atomic mass is 31.2. The molecule has 0 aromatic heterocycles. The van der Waals surface area contributed by atoms with Crippen molar-refractivity contribution in [1.29, 1.82) is 0 Å². The molecule has 3 rings (SSSR count). The van der Waals surface area contributed by atoms with Crippen LogP contribution in [0.5, 0.6) is 0 Å². The van der Waals surface area contributed by atoms with Gasteiger partial charge in [0.2, 0.25) is 0 Å². The second kappa shape index (κ2) is 13.3. The largest absolute Gasteiger partial charge is 0.470 e. The summed E-state index contributed by atoms with van der Waals surface area (Å²) in [4.78, 5) is 57.3. The number of Topliss-reactive ketones (excluding diaryl/α,β-unsaturated/α-hetero) is 1. The fraction of sp³-hybridized carbons (Fsp3) is 0.400. The molecule has 1 saturated heterocycles. The molecule has 14 nitrogen and oxygen atoms in total. The fourth-order valence-corrected chi connectivity index (χ4v) is 4.68. The first-order chi connectivity index (χ1) is 18.8. The number of aliphatic hydroxyl groups excluding tert-OH is 2. The fourth-order valence-electron chi connectivity index (χ4n) is 4.11. The highest BCUT2D eigenvalue weighted by Gasteiger charge is 2.51. The number of para-hydroxylation sites is 2. The molecule has 0 radical (unpaired) electrons. The first kappa shape index (κ1) is 31.2. The number of hydrogen-bond acceptors (Lipinski definition) is 12. The molecule has 1 fully saturated rings.